The molecule has 2 rings (SSSR count). The average Bonchev–Trinajstić information content (AvgIpc) is 2.85. The van der Waals surface area contributed by atoms with E-state index in [1.54, 1.807) is 0 Å². The van der Waals surface area contributed by atoms with Gasteiger partial charge < -0.3 is 14.9 Å². The molecule has 1 fully saturated rings. The van der Waals surface area contributed by atoms with Crippen LogP contribution in [0.15, 0.2) is 6.07 Å². The molecule has 0 saturated heterocycles. The number of carbonyl (C=O) groups is 1. The van der Waals surface area contributed by atoms with E-state index in [2.05, 4.69) is 0 Å². The molecule has 104 valence electrons. The van der Waals surface area contributed by atoms with Gasteiger partial charge in [-0.2, -0.15) is 0 Å². The Kier molecular flexibility index (Phi) is 3.58. The summed E-state index contributed by atoms with van der Waals surface area (Å²) in [5.41, 5.74) is -1.09. The molecule has 1 aliphatic rings. The average molecular weight is 289 g/mol. The first kappa shape index (κ1) is 13.9. The monoisotopic (exact) mass is 288 g/mol. The number of hydrogen-bond acceptors (Lipinski definition) is 3. The molecule has 0 aliphatic heterocycles. The Hall–Kier alpha value is -1.49. The molecule has 6 heteroatoms. The zero-order chi connectivity index (χ0) is 14.2. The van der Waals surface area contributed by atoms with E-state index >= 15 is 0 Å². The number of aromatic hydroxyl groups is 1. The molecule has 4 nitrogen and oxygen atoms in total. The van der Waals surface area contributed by atoms with E-state index in [4.69, 9.17) is 16.3 Å². The predicted octanol–water partition coefficient (Wildman–Crippen LogP) is 3.09. The topological polar surface area (TPSA) is 66.8 Å². The van der Waals surface area contributed by atoms with E-state index in [9.17, 15) is 19.4 Å². The minimum atomic E-state index is -1.21. The summed E-state index contributed by atoms with van der Waals surface area (Å²) in [6.07, 6.45) is 2.26. The SMILES string of the molecule is COc1c(O)c(C2(C(=O)O)CCCC2)cc(Cl)c1F. The molecule has 1 aliphatic carbocycles. The van der Waals surface area contributed by atoms with Crippen LogP contribution in [-0.2, 0) is 10.2 Å². The first-order chi connectivity index (χ1) is 8.94. The second kappa shape index (κ2) is 4.89. The van der Waals surface area contributed by atoms with Crippen molar-refractivity contribution in [3.05, 3.63) is 22.5 Å². The van der Waals surface area contributed by atoms with Crippen LogP contribution >= 0.6 is 11.6 Å². The summed E-state index contributed by atoms with van der Waals surface area (Å²) in [4.78, 5) is 11.6. The third-order valence-electron chi connectivity index (χ3n) is 3.74. The maximum atomic E-state index is 13.7. The number of rotatable bonds is 3. The van der Waals surface area contributed by atoms with E-state index < -0.39 is 28.7 Å². The number of aliphatic carboxylic acids is 1. The number of carboxylic acids is 1. The van der Waals surface area contributed by atoms with Gasteiger partial charge in [0.2, 0.25) is 0 Å². The number of phenolic OH excluding ortho intramolecular Hbond substituents is 1. The molecule has 0 amide bonds. The van der Waals surface area contributed by atoms with Crippen molar-refractivity contribution in [1.29, 1.82) is 0 Å². The van der Waals surface area contributed by atoms with Gasteiger partial charge in [-0.15, -0.1) is 0 Å². The maximum Gasteiger partial charge on any atom is 0.314 e. The van der Waals surface area contributed by atoms with Crippen LogP contribution in [0.25, 0.3) is 0 Å². The van der Waals surface area contributed by atoms with Gasteiger partial charge in [0.25, 0.3) is 0 Å². The van der Waals surface area contributed by atoms with Gasteiger partial charge in [0.1, 0.15) is 0 Å². The summed E-state index contributed by atoms with van der Waals surface area (Å²) in [7, 11) is 1.19. The lowest BCUT2D eigenvalue weighted by atomic mass is 9.78. The van der Waals surface area contributed by atoms with Gasteiger partial charge in [-0.3, -0.25) is 4.79 Å². The van der Waals surface area contributed by atoms with Crippen molar-refractivity contribution in [3.63, 3.8) is 0 Å². The van der Waals surface area contributed by atoms with Crippen LogP contribution < -0.4 is 4.74 Å². The van der Waals surface area contributed by atoms with Gasteiger partial charge in [0.15, 0.2) is 17.3 Å². The zero-order valence-electron chi connectivity index (χ0n) is 10.4. The van der Waals surface area contributed by atoms with Crippen LogP contribution in [0.2, 0.25) is 5.02 Å². The number of phenols is 1. The molecule has 0 atom stereocenters. The van der Waals surface area contributed by atoms with Crippen LogP contribution in [0, 0.1) is 5.82 Å². The Bertz CT molecular complexity index is 524. The number of methoxy groups -OCH3 is 1. The van der Waals surface area contributed by atoms with Gasteiger partial charge in [-0.25, -0.2) is 4.39 Å². The molecule has 0 bridgehead atoms. The van der Waals surface area contributed by atoms with Crippen molar-refractivity contribution in [3.8, 4) is 11.5 Å². The quantitative estimate of drug-likeness (QED) is 0.897. The summed E-state index contributed by atoms with van der Waals surface area (Å²) in [5, 5.41) is 19.3. The van der Waals surface area contributed by atoms with Gasteiger partial charge in [0.05, 0.1) is 17.5 Å². The molecular weight excluding hydrogens is 275 g/mol. The van der Waals surface area contributed by atoms with E-state index in [1.807, 2.05) is 0 Å². The lowest BCUT2D eigenvalue weighted by molar-refractivity contribution is -0.143. The van der Waals surface area contributed by atoms with Crippen LogP contribution in [0.1, 0.15) is 31.2 Å². The zero-order valence-corrected chi connectivity index (χ0v) is 11.1. The van der Waals surface area contributed by atoms with Crippen molar-refractivity contribution >= 4 is 17.6 Å². The number of halogens is 2. The van der Waals surface area contributed by atoms with E-state index in [0.29, 0.717) is 12.8 Å². The molecular formula is C13H14ClFO4. The highest BCUT2D eigenvalue weighted by Crippen LogP contribution is 2.49. The summed E-state index contributed by atoms with van der Waals surface area (Å²) in [6.45, 7) is 0. The van der Waals surface area contributed by atoms with Gasteiger partial charge in [-0.1, -0.05) is 24.4 Å². The van der Waals surface area contributed by atoms with Crippen LogP contribution in [-0.4, -0.2) is 23.3 Å². The molecule has 1 aromatic rings. The molecule has 0 spiro atoms. The van der Waals surface area contributed by atoms with Gasteiger partial charge >= 0.3 is 5.97 Å². The van der Waals surface area contributed by atoms with Crippen molar-refractivity contribution < 1.29 is 24.1 Å². The highest BCUT2D eigenvalue weighted by atomic mass is 35.5. The highest BCUT2D eigenvalue weighted by molar-refractivity contribution is 6.31. The first-order valence-corrected chi connectivity index (χ1v) is 6.30. The normalized spacial score (nSPS) is 17.4. The second-order valence-electron chi connectivity index (χ2n) is 4.70. The standard InChI is InChI=1S/C13H14ClFO4/c1-19-11-9(15)8(14)6-7(10(11)16)13(12(17)18)4-2-3-5-13/h6,16H,2-5H2,1H3,(H,17,18). The molecule has 19 heavy (non-hydrogen) atoms. The molecule has 1 aromatic carbocycles. The van der Waals surface area contributed by atoms with Crippen molar-refractivity contribution in [2.24, 2.45) is 0 Å². The smallest absolute Gasteiger partial charge is 0.314 e. The maximum absolute atomic E-state index is 13.7. The number of hydrogen-bond donors (Lipinski definition) is 2. The fourth-order valence-electron chi connectivity index (χ4n) is 2.72. The van der Waals surface area contributed by atoms with E-state index in [0.717, 1.165) is 12.8 Å². The fraction of sp³-hybridized carbons (Fsp3) is 0.462. The Morgan fingerprint density at radius 3 is 2.53 bits per heavy atom. The largest absolute Gasteiger partial charge is 0.504 e. The van der Waals surface area contributed by atoms with Crippen LogP contribution in [0.5, 0.6) is 11.5 Å². The summed E-state index contributed by atoms with van der Waals surface area (Å²) < 4.78 is 18.5. The molecule has 0 radical (unpaired) electrons. The molecule has 0 unspecified atom stereocenters. The first-order valence-electron chi connectivity index (χ1n) is 5.93. The Morgan fingerprint density at radius 1 is 1.47 bits per heavy atom. The minimum absolute atomic E-state index is 0.126. The van der Waals surface area contributed by atoms with Gasteiger partial charge in [-0.05, 0) is 18.9 Å². The van der Waals surface area contributed by atoms with Crippen molar-refractivity contribution in [1.82, 2.24) is 0 Å². The second-order valence-corrected chi connectivity index (χ2v) is 5.10. The van der Waals surface area contributed by atoms with Crippen molar-refractivity contribution in [2.45, 2.75) is 31.1 Å². The molecule has 0 heterocycles. The number of ether oxygens (including phenoxy) is 1. The lowest BCUT2D eigenvalue weighted by Gasteiger charge is -2.26. The number of carboxylic acid groups (broad SMARTS) is 1. The Labute approximate surface area is 114 Å². The molecule has 0 aromatic heterocycles. The van der Waals surface area contributed by atoms with Crippen LogP contribution in [0.3, 0.4) is 0 Å². The lowest BCUT2D eigenvalue weighted by Crippen LogP contribution is -2.32. The summed E-state index contributed by atoms with van der Waals surface area (Å²) in [5.74, 6) is -2.81. The summed E-state index contributed by atoms with van der Waals surface area (Å²) in [6, 6.07) is 1.19. The van der Waals surface area contributed by atoms with E-state index in [-0.39, 0.29) is 10.6 Å². The molecule has 2 N–H and O–H groups in total. The van der Waals surface area contributed by atoms with Gasteiger partial charge in [0, 0.05) is 5.56 Å². The Morgan fingerprint density at radius 2 is 2.05 bits per heavy atom. The Balaban J connectivity index is 2.68. The van der Waals surface area contributed by atoms with E-state index in [1.165, 1.54) is 13.2 Å². The fourth-order valence-corrected chi connectivity index (χ4v) is 2.92. The third-order valence-corrected chi connectivity index (χ3v) is 4.01. The van der Waals surface area contributed by atoms with Crippen LogP contribution in [0.4, 0.5) is 4.39 Å². The van der Waals surface area contributed by atoms with Crippen molar-refractivity contribution in [2.75, 3.05) is 7.11 Å². The summed E-state index contributed by atoms with van der Waals surface area (Å²) >= 11 is 5.76. The number of benzene rings is 1. The minimum Gasteiger partial charge on any atom is -0.504 e. The predicted molar refractivity (Wildman–Crippen MR) is 67.4 cm³/mol. The highest BCUT2D eigenvalue weighted by Gasteiger charge is 2.46. The third kappa shape index (κ3) is 2.02. The molecule has 1 saturated carbocycles.